The summed E-state index contributed by atoms with van der Waals surface area (Å²) in [6.45, 7) is 0.248. The largest absolute Gasteiger partial charge is 0.326 e. The quantitative estimate of drug-likeness (QED) is 0.889. The van der Waals surface area contributed by atoms with E-state index in [0.717, 1.165) is 12.3 Å². The van der Waals surface area contributed by atoms with E-state index in [0.29, 0.717) is 5.56 Å². The average molecular weight is 281 g/mol. The van der Waals surface area contributed by atoms with Crippen LogP contribution in [-0.2, 0) is 16.6 Å². The monoisotopic (exact) mass is 281 g/mol. The molecule has 0 atom stereocenters. The summed E-state index contributed by atoms with van der Waals surface area (Å²) in [6.07, 6.45) is 0.939. The molecule has 0 bridgehead atoms. The fraction of sp³-hybridized carbons (Fsp3) is 0.0833. The number of anilines is 1. The van der Waals surface area contributed by atoms with Gasteiger partial charge in [-0.3, -0.25) is 4.72 Å². The van der Waals surface area contributed by atoms with Crippen LogP contribution in [0.15, 0.2) is 47.5 Å². The first-order valence-corrected chi connectivity index (χ1v) is 6.93. The van der Waals surface area contributed by atoms with Crippen LogP contribution in [0.4, 0.5) is 10.2 Å². The predicted molar refractivity (Wildman–Crippen MR) is 69.3 cm³/mol. The second kappa shape index (κ2) is 5.33. The predicted octanol–water partition coefficient (Wildman–Crippen LogP) is 1.48. The van der Waals surface area contributed by atoms with Gasteiger partial charge in [-0.15, -0.1) is 0 Å². The first-order valence-electron chi connectivity index (χ1n) is 5.44. The molecule has 0 saturated carbocycles. The van der Waals surface area contributed by atoms with Crippen LogP contribution in [0, 0.1) is 5.82 Å². The zero-order valence-corrected chi connectivity index (χ0v) is 10.7. The number of pyridine rings is 1. The Morgan fingerprint density at radius 1 is 1.26 bits per heavy atom. The molecule has 0 amide bonds. The maximum absolute atomic E-state index is 12.7. The molecule has 19 heavy (non-hydrogen) atoms. The van der Waals surface area contributed by atoms with E-state index in [9.17, 15) is 12.8 Å². The SMILES string of the molecule is NCc1cccc(S(=O)(=O)Nc2ccc(F)cn2)c1. The lowest BCUT2D eigenvalue weighted by atomic mass is 10.2. The molecule has 0 fully saturated rings. The number of benzene rings is 1. The van der Waals surface area contributed by atoms with Gasteiger partial charge >= 0.3 is 0 Å². The Morgan fingerprint density at radius 3 is 2.68 bits per heavy atom. The van der Waals surface area contributed by atoms with E-state index in [1.165, 1.54) is 18.2 Å². The van der Waals surface area contributed by atoms with Crippen molar-refractivity contribution in [1.29, 1.82) is 0 Å². The van der Waals surface area contributed by atoms with Crippen LogP contribution in [0.1, 0.15) is 5.56 Å². The van der Waals surface area contributed by atoms with E-state index in [2.05, 4.69) is 9.71 Å². The van der Waals surface area contributed by atoms with Gasteiger partial charge in [-0.25, -0.2) is 17.8 Å². The van der Waals surface area contributed by atoms with Gasteiger partial charge in [-0.1, -0.05) is 12.1 Å². The van der Waals surface area contributed by atoms with Crippen LogP contribution in [0.3, 0.4) is 0 Å². The van der Waals surface area contributed by atoms with Crippen LogP contribution in [-0.4, -0.2) is 13.4 Å². The highest BCUT2D eigenvalue weighted by Crippen LogP contribution is 2.15. The average Bonchev–Trinajstić information content (AvgIpc) is 2.41. The third kappa shape index (κ3) is 3.27. The van der Waals surface area contributed by atoms with E-state index in [1.54, 1.807) is 12.1 Å². The molecule has 0 unspecified atom stereocenters. The Morgan fingerprint density at radius 2 is 2.05 bits per heavy atom. The number of hydrogen-bond donors (Lipinski definition) is 2. The smallest absolute Gasteiger partial charge is 0.263 e. The van der Waals surface area contributed by atoms with E-state index in [-0.39, 0.29) is 17.3 Å². The molecular weight excluding hydrogens is 269 g/mol. The summed E-state index contributed by atoms with van der Waals surface area (Å²) in [6, 6.07) is 8.64. The van der Waals surface area contributed by atoms with Crippen molar-refractivity contribution in [2.45, 2.75) is 11.4 Å². The molecular formula is C12H12FN3O2S. The Hall–Kier alpha value is -1.99. The van der Waals surface area contributed by atoms with Gasteiger partial charge in [0.15, 0.2) is 0 Å². The lowest BCUT2D eigenvalue weighted by Crippen LogP contribution is -2.14. The van der Waals surface area contributed by atoms with Crippen LogP contribution < -0.4 is 10.5 Å². The van der Waals surface area contributed by atoms with Crippen molar-refractivity contribution in [2.75, 3.05) is 4.72 Å². The highest BCUT2D eigenvalue weighted by Gasteiger charge is 2.15. The minimum Gasteiger partial charge on any atom is -0.326 e. The summed E-state index contributed by atoms with van der Waals surface area (Å²) in [5, 5.41) is 0. The number of halogens is 1. The van der Waals surface area contributed by atoms with E-state index in [1.807, 2.05) is 0 Å². The summed E-state index contributed by atoms with van der Waals surface area (Å²) in [5.74, 6) is -0.479. The summed E-state index contributed by atoms with van der Waals surface area (Å²) in [5.41, 5.74) is 6.17. The van der Waals surface area contributed by atoms with Gasteiger partial charge in [0.25, 0.3) is 10.0 Å². The molecule has 0 radical (unpaired) electrons. The van der Waals surface area contributed by atoms with Crippen LogP contribution in [0.25, 0.3) is 0 Å². The number of aromatic nitrogens is 1. The van der Waals surface area contributed by atoms with Gasteiger partial charge in [-0.2, -0.15) is 0 Å². The molecule has 1 heterocycles. The van der Waals surface area contributed by atoms with E-state index in [4.69, 9.17) is 5.73 Å². The number of sulfonamides is 1. The third-order valence-electron chi connectivity index (χ3n) is 2.41. The Labute approximate surface area is 110 Å². The lowest BCUT2D eigenvalue weighted by molar-refractivity contribution is 0.600. The standard InChI is InChI=1S/C12H12FN3O2S/c13-10-4-5-12(15-8-10)16-19(17,18)11-3-1-2-9(6-11)7-14/h1-6,8H,7,14H2,(H,15,16). The minimum absolute atomic E-state index is 0.0551. The van der Waals surface area contributed by atoms with E-state index >= 15 is 0 Å². The Balaban J connectivity index is 2.29. The van der Waals surface area contributed by atoms with Crippen molar-refractivity contribution < 1.29 is 12.8 Å². The number of rotatable bonds is 4. The molecule has 0 saturated heterocycles. The molecule has 1 aromatic heterocycles. The van der Waals surface area contributed by atoms with Gasteiger partial charge in [0, 0.05) is 6.54 Å². The molecule has 2 rings (SSSR count). The molecule has 7 heteroatoms. The minimum atomic E-state index is -3.75. The van der Waals surface area contributed by atoms with Crippen molar-refractivity contribution in [2.24, 2.45) is 5.73 Å². The summed E-state index contributed by atoms with van der Waals surface area (Å²) < 4.78 is 39.1. The molecule has 0 aliphatic carbocycles. The van der Waals surface area contributed by atoms with Crippen LogP contribution in [0.5, 0.6) is 0 Å². The highest BCUT2D eigenvalue weighted by molar-refractivity contribution is 7.92. The molecule has 2 aromatic rings. The van der Waals surface area contributed by atoms with Gasteiger partial charge in [0.05, 0.1) is 11.1 Å². The summed E-state index contributed by atoms with van der Waals surface area (Å²) in [7, 11) is -3.75. The second-order valence-electron chi connectivity index (χ2n) is 3.82. The molecule has 5 nitrogen and oxygen atoms in total. The molecule has 100 valence electrons. The lowest BCUT2D eigenvalue weighted by Gasteiger charge is -2.08. The molecule has 1 aromatic carbocycles. The zero-order valence-electron chi connectivity index (χ0n) is 9.88. The third-order valence-corrected chi connectivity index (χ3v) is 3.76. The van der Waals surface area contributed by atoms with Gasteiger partial charge in [-0.05, 0) is 29.8 Å². The summed E-state index contributed by atoms with van der Waals surface area (Å²) in [4.78, 5) is 3.73. The first-order chi connectivity index (χ1) is 9.01. The van der Waals surface area contributed by atoms with Crippen molar-refractivity contribution in [1.82, 2.24) is 4.98 Å². The summed E-state index contributed by atoms with van der Waals surface area (Å²) >= 11 is 0. The van der Waals surface area contributed by atoms with Crippen molar-refractivity contribution in [3.05, 3.63) is 54.0 Å². The molecule has 0 aliphatic heterocycles. The maximum atomic E-state index is 12.7. The highest BCUT2D eigenvalue weighted by atomic mass is 32.2. The number of hydrogen-bond acceptors (Lipinski definition) is 4. The number of nitrogens with two attached hydrogens (primary N) is 1. The fourth-order valence-corrected chi connectivity index (χ4v) is 2.55. The van der Waals surface area contributed by atoms with Gasteiger partial charge in [0.1, 0.15) is 11.6 Å². The van der Waals surface area contributed by atoms with Gasteiger partial charge < -0.3 is 5.73 Å². The van der Waals surface area contributed by atoms with Crippen LogP contribution in [0.2, 0.25) is 0 Å². The first kappa shape index (κ1) is 13.4. The molecule has 3 N–H and O–H groups in total. The number of nitrogens with one attached hydrogen (secondary N) is 1. The number of nitrogens with zero attached hydrogens (tertiary/aromatic N) is 1. The zero-order chi connectivity index (χ0) is 13.9. The fourth-order valence-electron chi connectivity index (χ4n) is 1.47. The molecule has 0 aliphatic rings. The Kier molecular flexibility index (Phi) is 3.77. The van der Waals surface area contributed by atoms with Crippen LogP contribution >= 0.6 is 0 Å². The topological polar surface area (TPSA) is 85.1 Å². The Bertz CT molecular complexity index is 672. The normalized spacial score (nSPS) is 11.3. The van der Waals surface area contributed by atoms with Crippen molar-refractivity contribution in [3.63, 3.8) is 0 Å². The van der Waals surface area contributed by atoms with Gasteiger partial charge in [0.2, 0.25) is 0 Å². The van der Waals surface area contributed by atoms with E-state index < -0.39 is 15.8 Å². The second-order valence-corrected chi connectivity index (χ2v) is 5.50. The molecule has 0 spiro atoms. The van der Waals surface area contributed by atoms with Crippen molar-refractivity contribution in [3.8, 4) is 0 Å². The van der Waals surface area contributed by atoms with Crippen molar-refractivity contribution >= 4 is 15.8 Å². The maximum Gasteiger partial charge on any atom is 0.263 e.